The van der Waals surface area contributed by atoms with Gasteiger partial charge in [0.1, 0.15) is 0 Å². The van der Waals surface area contributed by atoms with Gasteiger partial charge in [0.2, 0.25) is 0 Å². The Balaban J connectivity index is 2.63. The van der Waals surface area contributed by atoms with Crippen LogP contribution < -0.4 is 5.32 Å². The Labute approximate surface area is 98.7 Å². The minimum absolute atomic E-state index is 0.349. The fraction of sp³-hybridized carbons (Fsp3) is 0.571. The molecule has 0 fully saturated rings. The third-order valence-electron chi connectivity index (χ3n) is 3.17. The molecule has 1 aromatic rings. The maximum Gasteiger partial charge on any atom is 0.0802 e. The molecule has 0 aliphatic heterocycles. The van der Waals surface area contributed by atoms with Crippen LogP contribution in [0.1, 0.15) is 49.8 Å². The van der Waals surface area contributed by atoms with E-state index >= 15 is 0 Å². The summed E-state index contributed by atoms with van der Waals surface area (Å²) >= 11 is 0. The van der Waals surface area contributed by atoms with Gasteiger partial charge in [-0.05, 0) is 43.5 Å². The van der Waals surface area contributed by atoms with Crippen molar-refractivity contribution < 1.29 is 5.11 Å². The highest BCUT2D eigenvalue weighted by Gasteiger charge is 2.08. The van der Waals surface area contributed by atoms with Gasteiger partial charge in [-0.1, -0.05) is 38.1 Å². The Morgan fingerprint density at radius 1 is 1.19 bits per heavy atom. The first-order valence-electron chi connectivity index (χ1n) is 6.11. The van der Waals surface area contributed by atoms with E-state index in [4.69, 9.17) is 0 Å². The summed E-state index contributed by atoms with van der Waals surface area (Å²) in [6.45, 7) is 5.26. The molecule has 0 aromatic heterocycles. The van der Waals surface area contributed by atoms with Crippen LogP contribution in [0.3, 0.4) is 0 Å². The number of aliphatic hydroxyl groups is 1. The molecule has 1 aromatic carbocycles. The van der Waals surface area contributed by atoms with Crippen LogP contribution in [0.2, 0.25) is 0 Å². The minimum Gasteiger partial charge on any atom is -0.388 e. The lowest BCUT2D eigenvalue weighted by atomic mass is 9.96. The first kappa shape index (κ1) is 13.2. The molecule has 0 saturated heterocycles. The van der Waals surface area contributed by atoms with Crippen molar-refractivity contribution in [1.82, 2.24) is 5.32 Å². The zero-order valence-electron chi connectivity index (χ0n) is 10.5. The van der Waals surface area contributed by atoms with Gasteiger partial charge in [-0.2, -0.15) is 0 Å². The lowest BCUT2D eigenvalue weighted by Crippen LogP contribution is -2.11. The highest BCUT2D eigenvalue weighted by molar-refractivity contribution is 5.26. The summed E-state index contributed by atoms with van der Waals surface area (Å²) in [5.41, 5.74) is 2.37. The third-order valence-corrected chi connectivity index (χ3v) is 3.17. The third kappa shape index (κ3) is 3.62. The van der Waals surface area contributed by atoms with E-state index in [9.17, 15) is 5.11 Å². The molecule has 1 rings (SSSR count). The average Bonchev–Trinajstić information content (AvgIpc) is 2.35. The molecule has 0 aliphatic carbocycles. The van der Waals surface area contributed by atoms with Gasteiger partial charge >= 0.3 is 0 Å². The fourth-order valence-electron chi connectivity index (χ4n) is 1.73. The maximum absolute atomic E-state index is 9.90. The van der Waals surface area contributed by atoms with Gasteiger partial charge in [-0.3, -0.25) is 0 Å². The Morgan fingerprint density at radius 2 is 1.75 bits per heavy atom. The van der Waals surface area contributed by atoms with E-state index in [0.717, 1.165) is 24.9 Å². The number of benzene rings is 1. The minimum atomic E-state index is -0.349. The summed E-state index contributed by atoms with van der Waals surface area (Å²) in [7, 11) is 1.90. The molecule has 2 atom stereocenters. The van der Waals surface area contributed by atoms with Gasteiger partial charge in [-0.15, -0.1) is 0 Å². The lowest BCUT2D eigenvalue weighted by Gasteiger charge is -2.13. The van der Waals surface area contributed by atoms with Gasteiger partial charge < -0.3 is 10.4 Å². The number of nitrogens with one attached hydrogen (secondary N) is 1. The molecule has 0 aliphatic rings. The van der Waals surface area contributed by atoms with Crippen molar-refractivity contribution >= 4 is 0 Å². The van der Waals surface area contributed by atoms with Crippen LogP contribution in [-0.2, 0) is 0 Å². The summed E-state index contributed by atoms with van der Waals surface area (Å²) in [4.78, 5) is 0. The Bertz CT molecular complexity index is 294. The van der Waals surface area contributed by atoms with Gasteiger partial charge in [0.25, 0.3) is 0 Å². The van der Waals surface area contributed by atoms with Gasteiger partial charge in [-0.25, -0.2) is 0 Å². The number of aliphatic hydroxyl groups excluding tert-OH is 1. The molecule has 90 valence electrons. The summed E-state index contributed by atoms with van der Waals surface area (Å²) in [5, 5.41) is 12.9. The van der Waals surface area contributed by atoms with E-state index in [1.165, 1.54) is 5.56 Å². The topological polar surface area (TPSA) is 32.3 Å². The summed E-state index contributed by atoms with van der Waals surface area (Å²) < 4.78 is 0. The second-order valence-corrected chi connectivity index (χ2v) is 4.38. The summed E-state index contributed by atoms with van der Waals surface area (Å²) in [6.07, 6.45) is 1.57. The Hall–Kier alpha value is -0.860. The van der Waals surface area contributed by atoms with Crippen LogP contribution >= 0.6 is 0 Å². The van der Waals surface area contributed by atoms with E-state index in [2.05, 4.69) is 31.3 Å². The Morgan fingerprint density at radius 3 is 2.25 bits per heavy atom. The molecule has 2 heteroatoms. The highest BCUT2D eigenvalue weighted by atomic mass is 16.3. The van der Waals surface area contributed by atoms with Crippen LogP contribution in [0.15, 0.2) is 24.3 Å². The van der Waals surface area contributed by atoms with E-state index in [1.54, 1.807) is 0 Å². The smallest absolute Gasteiger partial charge is 0.0802 e. The zero-order chi connectivity index (χ0) is 12.0. The molecule has 2 nitrogen and oxygen atoms in total. The number of hydrogen-bond donors (Lipinski definition) is 2. The predicted octanol–water partition coefficient (Wildman–Crippen LogP) is 2.84. The van der Waals surface area contributed by atoms with Crippen LogP contribution in [0.5, 0.6) is 0 Å². The number of rotatable bonds is 6. The van der Waals surface area contributed by atoms with Gasteiger partial charge in [0.05, 0.1) is 6.10 Å². The van der Waals surface area contributed by atoms with Crippen LogP contribution in [0.4, 0.5) is 0 Å². The van der Waals surface area contributed by atoms with E-state index in [0.29, 0.717) is 5.92 Å². The first-order valence-corrected chi connectivity index (χ1v) is 6.11. The van der Waals surface area contributed by atoms with Crippen molar-refractivity contribution in [2.75, 3.05) is 13.6 Å². The van der Waals surface area contributed by atoms with Gasteiger partial charge in [0, 0.05) is 0 Å². The molecule has 2 N–H and O–H groups in total. The quantitative estimate of drug-likeness (QED) is 0.774. The molecular weight excluding hydrogens is 198 g/mol. The Kier molecular flexibility index (Phi) is 5.50. The van der Waals surface area contributed by atoms with Crippen molar-refractivity contribution in [3.63, 3.8) is 0 Å². The van der Waals surface area contributed by atoms with Crippen molar-refractivity contribution in [3.05, 3.63) is 35.4 Å². The lowest BCUT2D eigenvalue weighted by molar-refractivity contribution is 0.167. The molecule has 0 bridgehead atoms. The molecule has 0 saturated carbocycles. The molecular formula is C14H23NO. The van der Waals surface area contributed by atoms with Crippen molar-refractivity contribution in [2.24, 2.45) is 0 Å². The largest absolute Gasteiger partial charge is 0.388 e. The second-order valence-electron chi connectivity index (χ2n) is 4.38. The van der Waals surface area contributed by atoms with Crippen LogP contribution in [-0.4, -0.2) is 18.7 Å². The summed E-state index contributed by atoms with van der Waals surface area (Å²) in [5.74, 6) is 0.600. The average molecular weight is 221 g/mol. The molecule has 0 amide bonds. The second kappa shape index (κ2) is 6.66. The zero-order valence-corrected chi connectivity index (χ0v) is 10.5. The van der Waals surface area contributed by atoms with Crippen LogP contribution in [0.25, 0.3) is 0 Å². The maximum atomic E-state index is 9.90. The van der Waals surface area contributed by atoms with Crippen molar-refractivity contribution in [3.8, 4) is 0 Å². The van der Waals surface area contributed by atoms with E-state index in [1.807, 2.05) is 19.2 Å². The standard InChI is InChI=1S/C14H23NO/c1-4-11(2)12-5-7-13(8-6-12)14(16)9-10-15-3/h5-8,11,14-16H,4,9-10H2,1-3H3. The normalized spacial score (nSPS) is 14.8. The first-order chi connectivity index (χ1) is 7.69. The van der Waals surface area contributed by atoms with Crippen LogP contribution in [0, 0.1) is 0 Å². The molecule has 0 heterocycles. The summed E-state index contributed by atoms with van der Waals surface area (Å²) in [6, 6.07) is 8.35. The van der Waals surface area contributed by atoms with Gasteiger partial charge in [0.15, 0.2) is 0 Å². The number of hydrogen-bond acceptors (Lipinski definition) is 2. The molecule has 16 heavy (non-hydrogen) atoms. The SMILES string of the molecule is CCC(C)c1ccc(C(O)CCNC)cc1. The monoisotopic (exact) mass is 221 g/mol. The van der Waals surface area contributed by atoms with Crippen molar-refractivity contribution in [1.29, 1.82) is 0 Å². The molecule has 0 radical (unpaired) electrons. The molecule has 2 unspecified atom stereocenters. The van der Waals surface area contributed by atoms with Crippen molar-refractivity contribution in [2.45, 2.75) is 38.7 Å². The fourth-order valence-corrected chi connectivity index (χ4v) is 1.73. The van der Waals surface area contributed by atoms with E-state index in [-0.39, 0.29) is 6.10 Å². The molecule has 0 spiro atoms. The predicted molar refractivity (Wildman–Crippen MR) is 68.7 cm³/mol. The van der Waals surface area contributed by atoms with E-state index < -0.39 is 0 Å². The highest BCUT2D eigenvalue weighted by Crippen LogP contribution is 2.22.